The predicted molar refractivity (Wildman–Crippen MR) is 70.8 cm³/mol. The first-order chi connectivity index (χ1) is 8.66. The van der Waals surface area contributed by atoms with Gasteiger partial charge in [-0.3, -0.25) is 0 Å². The second kappa shape index (κ2) is 6.07. The summed E-state index contributed by atoms with van der Waals surface area (Å²) in [6.07, 6.45) is 0.921. The molecule has 1 aromatic heterocycles. The normalized spacial score (nSPS) is 12.6. The molecule has 1 N–H and O–H groups in total. The minimum atomic E-state index is -0.540. The molecule has 1 heterocycles. The second-order valence-corrected chi connectivity index (χ2v) is 5.20. The van der Waals surface area contributed by atoms with Crippen LogP contribution in [0.4, 0.5) is 8.78 Å². The molecule has 18 heavy (non-hydrogen) atoms. The third-order valence-electron chi connectivity index (χ3n) is 2.83. The Morgan fingerprint density at radius 3 is 2.78 bits per heavy atom. The van der Waals surface area contributed by atoms with E-state index in [9.17, 15) is 8.78 Å². The molecular weight excluding hydrogens is 252 g/mol. The summed E-state index contributed by atoms with van der Waals surface area (Å²) in [6, 6.07) is 7.68. The molecule has 0 fully saturated rings. The first-order valence-corrected chi connectivity index (χ1v) is 6.75. The SMILES string of the molecule is CC(NCCc1cccs1)c1ccc(F)cc1F. The second-order valence-electron chi connectivity index (χ2n) is 4.17. The van der Waals surface area contributed by atoms with Crippen LogP contribution in [0.3, 0.4) is 0 Å². The Morgan fingerprint density at radius 2 is 2.11 bits per heavy atom. The highest BCUT2D eigenvalue weighted by Gasteiger charge is 2.10. The fourth-order valence-electron chi connectivity index (χ4n) is 1.83. The molecule has 0 spiro atoms. The lowest BCUT2D eigenvalue weighted by Crippen LogP contribution is -2.22. The van der Waals surface area contributed by atoms with Gasteiger partial charge in [0.1, 0.15) is 11.6 Å². The van der Waals surface area contributed by atoms with E-state index in [4.69, 9.17) is 0 Å². The van der Waals surface area contributed by atoms with Crippen molar-refractivity contribution in [2.24, 2.45) is 0 Å². The molecule has 0 radical (unpaired) electrons. The van der Waals surface area contributed by atoms with E-state index in [1.165, 1.54) is 17.0 Å². The van der Waals surface area contributed by atoms with Crippen LogP contribution in [0.2, 0.25) is 0 Å². The summed E-state index contributed by atoms with van der Waals surface area (Å²) in [4.78, 5) is 1.30. The number of nitrogens with one attached hydrogen (secondary N) is 1. The molecule has 0 aliphatic heterocycles. The van der Waals surface area contributed by atoms with Crippen LogP contribution in [0.1, 0.15) is 23.4 Å². The van der Waals surface area contributed by atoms with E-state index in [1.807, 2.05) is 18.4 Å². The topological polar surface area (TPSA) is 12.0 Å². The molecule has 0 amide bonds. The van der Waals surface area contributed by atoms with E-state index in [0.29, 0.717) is 5.56 Å². The van der Waals surface area contributed by atoms with Crippen LogP contribution >= 0.6 is 11.3 Å². The highest BCUT2D eigenvalue weighted by molar-refractivity contribution is 7.09. The molecule has 0 saturated carbocycles. The molecule has 2 aromatic rings. The molecular formula is C14H15F2NS. The smallest absolute Gasteiger partial charge is 0.130 e. The Bertz CT molecular complexity index is 497. The van der Waals surface area contributed by atoms with Crippen LogP contribution in [-0.2, 0) is 6.42 Å². The first-order valence-electron chi connectivity index (χ1n) is 5.87. The monoisotopic (exact) mass is 267 g/mol. The third kappa shape index (κ3) is 3.37. The average molecular weight is 267 g/mol. The number of thiophene rings is 1. The van der Waals surface area contributed by atoms with E-state index >= 15 is 0 Å². The van der Waals surface area contributed by atoms with Crippen molar-refractivity contribution in [3.05, 3.63) is 57.8 Å². The van der Waals surface area contributed by atoms with Crippen LogP contribution in [0.15, 0.2) is 35.7 Å². The van der Waals surface area contributed by atoms with Gasteiger partial charge in [-0.1, -0.05) is 12.1 Å². The van der Waals surface area contributed by atoms with Gasteiger partial charge in [0.2, 0.25) is 0 Å². The summed E-state index contributed by atoms with van der Waals surface area (Å²) in [6.45, 7) is 2.66. The zero-order valence-corrected chi connectivity index (χ0v) is 10.9. The summed E-state index contributed by atoms with van der Waals surface area (Å²) in [7, 11) is 0. The zero-order valence-electron chi connectivity index (χ0n) is 10.1. The van der Waals surface area contributed by atoms with E-state index in [0.717, 1.165) is 19.0 Å². The Kier molecular flexibility index (Phi) is 4.44. The van der Waals surface area contributed by atoms with Crippen LogP contribution in [-0.4, -0.2) is 6.54 Å². The van der Waals surface area contributed by atoms with Gasteiger partial charge in [-0.05, 0) is 30.9 Å². The first kappa shape index (κ1) is 13.2. The van der Waals surface area contributed by atoms with Gasteiger partial charge in [-0.15, -0.1) is 11.3 Å². The molecule has 1 atom stereocenters. The lowest BCUT2D eigenvalue weighted by molar-refractivity contribution is 0.520. The van der Waals surface area contributed by atoms with Gasteiger partial charge in [0, 0.05) is 29.1 Å². The molecule has 0 bridgehead atoms. The molecule has 0 saturated heterocycles. The van der Waals surface area contributed by atoms with Crippen molar-refractivity contribution in [2.75, 3.05) is 6.54 Å². The maximum absolute atomic E-state index is 13.5. The molecule has 2 rings (SSSR count). The van der Waals surface area contributed by atoms with Crippen LogP contribution in [0.25, 0.3) is 0 Å². The van der Waals surface area contributed by atoms with E-state index < -0.39 is 11.6 Å². The number of hydrogen-bond donors (Lipinski definition) is 1. The summed E-state index contributed by atoms with van der Waals surface area (Å²) >= 11 is 1.71. The van der Waals surface area contributed by atoms with Crippen LogP contribution in [0.5, 0.6) is 0 Å². The van der Waals surface area contributed by atoms with Gasteiger partial charge in [0.05, 0.1) is 0 Å². The highest BCUT2D eigenvalue weighted by Crippen LogP contribution is 2.17. The maximum atomic E-state index is 13.5. The van der Waals surface area contributed by atoms with Crippen molar-refractivity contribution >= 4 is 11.3 Å². The standard InChI is InChI=1S/C14H15F2NS/c1-10(13-5-4-11(15)9-14(13)16)17-7-6-12-3-2-8-18-12/h2-5,8-10,17H,6-7H2,1H3. The fraction of sp³-hybridized carbons (Fsp3) is 0.286. The zero-order chi connectivity index (χ0) is 13.0. The molecule has 1 nitrogen and oxygen atoms in total. The quantitative estimate of drug-likeness (QED) is 0.865. The predicted octanol–water partition coefficient (Wildman–Crippen LogP) is 3.92. The van der Waals surface area contributed by atoms with Gasteiger partial charge in [-0.25, -0.2) is 8.78 Å². The Balaban J connectivity index is 1.89. The minimum absolute atomic E-state index is 0.120. The van der Waals surface area contributed by atoms with Gasteiger partial charge < -0.3 is 5.32 Å². The van der Waals surface area contributed by atoms with Crippen molar-refractivity contribution in [3.63, 3.8) is 0 Å². The van der Waals surface area contributed by atoms with E-state index in [2.05, 4.69) is 11.4 Å². The van der Waals surface area contributed by atoms with Gasteiger partial charge in [0.25, 0.3) is 0 Å². The average Bonchev–Trinajstić information content (AvgIpc) is 2.81. The van der Waals surface area contributed by atoms with E-state index in [-0.39, 0.29) is 6.04 Å². The van der Waals surface area contributed by atoms with Crippen molar-refractivity contribution in [2.45, 2.75) is 19.4 Å². The van der Waals surface area contributed by atoms with Gasteiger partial charge in [-0.2, -0.15) is 0 Å². The number of benzene rings is 1. The van der Waals surface area contributed by atoms with Gasteiger partial charge >= 0.3 is 0 Å². The highest BCUT2D eigenvalue weighted by atomic mass is 32.1. The van der Waals surface area contributed by atoms with Gasteiger partial charge in [0.15, 0.2) is 0 Å². The third-order valence-corrected chi connectivity index (χ3v) is 3.77. The van der Waals surface area contributed by atoms with E-state index in [1.54, 1.807) is 11.3 Å². The molecule has 0 aliphatic carbocycles. The van der Waals surface area contributed by atoms with Crippen molar-refractivity contribution < 1.29 is 8.78 Å². The molecule has 0 aliphatic rings. The largest absolute Gasteiger partial charge is 0.310 e. The molecule has 4 heteroatoms. The molecule has 96 valence electrons. The summed E-state index contributed by atoms with van der Waals surface area (Å²) in [5, 5.41) is 5.28. The number of rotatable bonds is 5. The Morgan fingerprint density at radius 1 is 1.28 bits per heavy atom. The minimum Gasteiger partial charge on any atom is -0.310 e. The van der Waals surface area contributed by atoms with Crippen molar-refractivity contribution in [3.8, 4) is 0 Å². The maximum Gasteiger partial charge on any atom is 0.130 e. The van der Waals surface area contributed by atoms with Crippen molar-refractivity contribution in [1.29, 1.82) is 0 Å². The molecule has 1 unspecified atom stereocenters. The van der Waals surface area contributed by atoms with Crippen LogP contribution < -0.4 is 5.32 Å². The number of halogens is 2. The summed E-state index contributed by atoms with van der Waals surface area (Å²) in [5.74, 6) is -1.03. The molecule has 1 aromatic carbocycles. The lowest BCUT2D eigenvalue weighted by Gasteiger charge is -2.14. The summed E-state index contributed by atoms with van der Waals surface area (Å²) < 4.78 is 26.3. The number of hydrogen-bond acceptors (Lipinski definition) is 2. The fourth-order valence-corrected chi connectivity index (χ4v) is 2.54. The Labute approximate surface area is 109 Å². The lowest BCUT2D eigenvalue weighted by atomic mass is 10.1. The summed E-state index contributed by atoms with van der Waals surface area (Å²) in [5.41, 5.74) is 0.502. The Hall–Kier alpha value is -1.26. The van der Waals surface area contributed by atoms with Crippen LogP contribution in [0, 0.1) is 11.6 Å². The van der Waals surface area contributed by atoms with Crippen molar-refractivity contribution in [1.82, 2.24) is 5.32 Å².